The molecule has 0 spiro atoms. The number of Topliss-reactive ketones (excluding diaryl/α,β-unsaturated/α-hetero) is 4. The second kappa shape index (κ2) is 9.60. The average Bonchev–Trinajstić information content (AvgIpc) is 2.87. The fraction of sp³-hybridized carbons (Fsp3) is 0.448. The Bertz CT molecular complexity index is 1450. The van der Waals surface area contributed by atoms with Crippen LogP contribution in [0.2, 0.25) is 0 Å². The van der Waals surface area contributed by atoms with Crippen LogP contribution in [-0.2, 0) is 32.1 Å². The maximum Gasteiger partial charge on any atom is 0.235 e. The highest BCUT2D eigenvalue weighted by molar-refractivity contribution is 6.32. The summed E-state index contributed by atoms with van der Waals surface area (Å²) in [5.41, 5.74) is 4.36. The molecule has 1 heterocycles. The van der Waals surface area contributed by atoms with Crippen LogP contribution in [0.4, 0.5) is 5.69 Å². The highest BCUT2D eigenvalue weighted by Crippen LogP contribution is 2.52. The number of phenolic OH excluding ortho intramolecular Hbond substituents is 1. The largest absolute Gasteiger partial charge is 0.507 e. The van der Waals surface area contributed by atoms with E-state index in [0.29, 0.717) is 16.8 Å². The van der Waals surface area contributed by atoms with Gasteiger partial charge in [0.05, 0.1) is 23.1 Å². The van der Waals surface area contributed by atoms with Gasteiger partial charge < -0.3 is 20.8 Å². The highest BCUT2D eigenvalue weighted by Gasteiger charge is 2.69. The maximum atomic E-state index is 14.1. The quantitative estimate of drug-likeness (QED) is 0.322. The van der Waals surface area contributed by atoms with Crippen molar-refractivity contribution in [2.45, 2.75) is 31.0 Å². The van der Waals surface area contributed by atoms with Crippen molar-refractivity contribution in [2.24, 2.45) is 29.4 Å². The first-order chi connectivity index (χ1) is 18.8. The number of ketones is 4. The number of carbonyl (C=O) groups is 5. The van der Waals surface area contributed by atoms with E-state index in [1.54, 1.807) is 14.1 Å². The number of likely N-dealkylation sites (N-methyl/N-ethyl adjacent to an activating group) is 1. The van der Waals surface area contributed by atoms with Crippen LogP contribution in [-0.4, -0.2) is 84.0 Å². The lowest BCUT2D eigenvalue weighted by Gasteiger charge is -2.52. The fourth-order valence-electron chi connectivity index (χ4n) is 6.96. The minimum absolute atomic E-state index is 0.00988. The third-order valence-corrected chi connectivity index (χ3v) is 8.73. The Hall–Kier alpha value is -3.96. The van der Waals surface area contributed by atoms with E-state index in [4.69, 9.17) is 5.73 Å². The molecule has 2 saturated carbocycles. The van der Waals surface area contributed by atoms with Crippen molar-refractivity contribution in [1.29, 1.82) is 0 Å². The highest BCUT2D eigenvalue weighted by atomic mass is 16.3. The molecule has 0 bridgehead atoms. The first-order valence-electron chi connectivity index (χ1n) is 13.1. The lowest BCUT2D eigenvalue weighted by molar-refractivity contribution is -0.688. The Kier molecular flexibility index (Phi) is 6.62. The Morgan fingerprint density at radius 1 is 1.07 bits per heavy atom. The van der Waals surface area contributed by atoms with Crippen molar-refractivity contribution in [3.05, 3.63) is 53.3 Å². The van der Waals surface area contributed by atoms with E-state index < -0.39 is 64.4 Å². The molecule has 2 aromatic rings. The van der Waals surface area contributed by atoms with Crippen LogP contribution in [0.3, 0.4) is 0 Å². The number of carbonyl (C=O) groups excluding carboxylic acids is 5. The van der Waals surface area contributed by atoms with E-state index in [1.807, 2.05) is 60.2 Å². The van der Waals surface area contributed by atoms with Gasteiger partial charge in [-0.25, -0.2) is 4.57 Å². The lowest BCUT2D eigenvalue weighted by Crippen LogP contribution is -2.74. The van der Waals surface area contributed by atoms with Gasteiger partial charge in [0.25, 0.3) is 0 Å². The molecule has 210 valence electrons. The molecule has 1 amide bonds. The zero-order valence-corrected chi connectivity index (χ0v) is 22.8. The van der Waals surface area contributed by atoms with Crippen molar-refractivity contribution >= 4 is 34.7 Å². The van der Waals surface area contributed by atoms with Gasteiger partial charge >= 0.3 is 0 Å². The molecular weight excluding hydrogens is 516 g/mol. The second-order valence-electron chi connectivity index (χ2n) is 11.5. The van der Waals surface area contributed by atoms with Crippen LogP contribution in [0.15, 0.2) is 36.7 Å². The number of pyridine rings is 1. The summed E-state index contributed by atoms with van der Waals surface area (Å²) < 4.78 is 1.83. The van der Waals surface area contributed by atoms with Crippen molar-refractivity contribution in [1.82, 2.24) is 4.90 Å². The molecular formula is C29H33N4O7+. The average molecular weight is 550 g/mol. The molecule has 3 aliphatic rings. The van der Waals surface area contributed by atoms with E-state index in [9.17, 15) is 34.2 Å². The molecule has 1 aromatic heterocycles. The minimum Gasteiger partial charge on any atom is -0.507 e. The molecule has 5 rings (SSSR count). The molecule has 6 atom stereocenters. The molecule has 11 heteroatoms. The number of fused-ring (bicyclic) bond motifs is 3. The summed E-state index contributed by atoms with van der Waals surface area (Å²) in [7, 11) is 6.75. The van der Waals surface area contributed by atoms with Crippen LogP contribution in [0, 0.1) is 23.7 Å². The molecule has 0 radical (unpaired) electrons. The predicted molar refractivity (Wildman–Crippen MR) is 141 cm³/mol. The number of anilines is 1. The smallest absolute Gasteiger partial charge is 0.235 e. The molecule has 0 aliphatic heterocycles. The number of rotatable bonds is 5. The summed E-state index contributed by atoms with van der Waals surface area (Å²) in [6.07, 6.45) is 3.86. The van der Waals surface area contributed by atoms with Crippen LogP contribution in [0.5, 0.6) is 5.75 Å². The molecule has 4 N–H and O–H groups in total. The van der Waals surface area contributed by atoms with Crippen molar-refractivity contribution in [2.75, 3.05) is 33.1 Å². The molecule has 3 aliphatic carbocycles. The van der Waals surface area contributed by atoms with Gasteiger partial charge in [-0.15, -0.1) is 0 Å². The summed E-state index contributed by atoms with van der Waals surface area (Å²) in [6.45, 7) is 0.257. The molecule has 2 unspecified atom stereocenters. The number of phenols is 1. The number of aromatic hydroxyl groups is 1. The Labute approximate surface area is 231 Å². The number of nitrogens with zero attached hydrogens (tertiary/aromatic N) is 3. The Balaban J connectivity index is 1.65. The number of hydrogen-bond acceptors (Lipinski definition) is 9. The van der Waals surface area contributed by atoms with Gasteiger partial charge in [-0.05, 0) is 44.5 Å². The summed E-state index contributed by atoms with van der Waals surface area (Å²) in [5, 5.41) is 23.1. The number of aliphatic hydroxyl groups is 1. The fourth-order valence-corrected chi connectivity index (χ4v) is 6.96. The molecule has 40 heavy (non-hydrogen) atoms. The Morgan fingerprint density at radius 3 is 2.30 bits per heavy atom. The van der Waals surface area contributed by atoms with Crippen LogP contribution in [0.1, 0.15) is 27.9 Å². The number of amides is 1. The maximum absolute atomic E-state index is 14.1. The number of aromatic nitrogens is 1. The van der Waals surface area contributed by atoms with Crippen LogP contribution >= 0.6 is 0 Å². The number of primary amides is 1. The van der Waals surface area contributed by atoms with Crippen molar-refractivity contribution in [3.8, 4) is 5.75 Å². The van der Waals surface area contributed by atoms with E-state index >= 15 is 0 Å². The first-order valence-corrected chi connectivity index (χ1v) is 13.1. The van der Waals surface area contributed by atoms with Crippen LogP contribution in [0.25, 0.3) is 0 Å². The van der Waals surface area contributed by atoms with E-state index in [2.05, 4.69) is 0 Å². The first kappa shape index (κ1) is 27.6. The lowest BCUT2D eigenvalue weighted by atomic mass is 9.52. The SMILES string of the molecule is CN(C)c1cc(C[n+]2ccccc2)c(O)c2c1C[C@H]1C[C@H]3[C@H](N(C)C)C(=O)C(C(N)=O)C(=O)[C@@]3(O)C(=O)C1C2=O. The second-order valence-corrected chi connectivity index (χ2v) is 11.5. The zero-order valence-electron chi connectivity index (χ0n) is 22.8. The molecule has 0 saturated heterocycles. The van der Waals surface area contributed by atoms with E-state index in [0.717, 1.165) is 0 Å². The van der Waals surface area contributed by atoms with Gasteiger partial charge in [-0.3, -0.25) is 28.9 Å². The summed E-state index contributed by atoms with van der Waals surface area (Å²) in [5.74, 6) is -10.5. The summed E-state index contributed by atoms with van der Waals surface area (Å²) >= 11 is 0. The Morgan fingerprint density at radius 2 is 1.73 bits per heavy atom. The molecule has 2 fully saturated rings. The monoisotopic (exact) mass is 549 g/mol. The third-order valence-electron chi connectivity index (χ3n) is 8.73. The molecule has 11 nitrogen and oxygen atoms in total. The van der Waals surface area contributed by atoms with Crippen LogP contribution < -0.4 is 15.2 Å². The minimum atomic E-state index is -2.74. The molecule has 1 aromatic carbocycles. The van der Waals surface area contributed by atoms with Gasteiger partial charge in [0.15, 0.2) is 53.6 Å². The number of hydrogen-bond donors (Lipinski definition) is 3. The summed E-state index contributed by atoms with van der Waals surface area (Å²) in [6, 6.07) is 6.21. The normalized spacial score (nSPS) is 29.6. The number of benzene rings is 1. The van der Waals surface area contributed by atoms with Gasteiger partial charge in [-0.1, -0.05) is 6.07 Å². The van der Waals surface area contributed by atoms with Gasteiger partial charge in [-0.2, -0.15) is 0 Å². The topological polar surface area (TPSA) is 162 Å². The number of nitrogens with two attached hydrogens (primary N) is 1. The van der Waals surface area contributed by atoms with Crippen molar-refractivity contribution in [3.63, 3.8) is 0 Å². The van der Waals surface area contributed by atoms with Gasteiger partial charge in [0, 0.05) is 37.8 Å². The predicted octanol–water partition coefficient (Wildman–Crippen LogP) is -0.731. The van der Waals surface area contributed by atoms with Gasteiger partial charge in [0.2, 0.25) is 5.91 Å². The van der Waals surface area contributed by atoms with E-state index in [1.165, 1.54) is 4.90 Å². The van der Waals surface area contributed by atoms with Gasteiger partial charge in [0.1, 0.15) is 5.75 Å². The van der Waals surface area contributed by atoms with Crippen molar-refractivity contribution < 1.29 is 38.8 Å². The zero-order chi connectivity index (χ0) is 29.3. The summed E-state index contributed by atoms with van der Waals surface area (Å²) in [4.78, 5) is 70.2. The van der Waals surface area contributed by atoms with E-state index in [-0.39, 0.29) is 30.7 Å². The third kappa shape index (κ3) is 3.87. The standard InChI is InChI=1S/C29H32N4O7/c1-31(2)18-12-15(13-33-8-6-5-7-9-33)23(34)20-16(18)10-14-11-17-22(32(3)4)25(36)21(28(30)39)27(38)29(17,40)26(37)19(14)24(20)35/h5-9,12,14,17,19,21-22,40H,10-11,13H2,1-4H3,(H2-,30,34,35,39)/p+1/t14-,17-,19?,21?,22-,29-/m0/s1.